The van der Waals surface area contributed by atoms with Crippen LogP contribution in [0.3, 0.4) is 0 Å². The van der Waals surface area contributed by atoms with Crippen LogP contribution in [0.5, 0.6) is 17.2 Å². The van der Waals surface area contributed by atoms with E-state index < -0.39 is 24.3 Å². The number of aliphatic hydroxyl groups is 1. The number of esters is 1. The molecule has 0 radical (unpaired) electrons. The van der Waals surface area contributed by atoms with Crippen LogP contribution in [0.2, 0.25) is 0 Å². The highest BCUT2D eigenvalue weighted by Crippen LogP contribution is 2.34. The second-order valence-electron chi connectivity index (χ2n) is 8.65. The number of ether oxygens (including phenoxy) is 4. The SMILES string of the molecule is CCOc1cc([C@H]2NC(=O)NC(C)=C2C(=O)OC)ccc1OC[C@H](O)N/N=C\c1ccc(OC(C)C)cc1. The summed E-state index contributed by atoms with van der Waals surface area (Å²) in [4.78, 5) is 24.5. The molecular weight excluding hydrogens is 492 g/mol. The largest absolute Gasteiger partial charge is 0.491 e. The monoisotopic (exact) mass is 526 g/mol. The third-order valence-corrected chi connectivity index (χ3v) is 5.36. The molecule has 1 aliphatic heterocycles. The lowest BCUT2D eigenvalue weighted by Crippen LogP contribution is -2.45. The minimum absolute atomic E-state index is 0.0922. The van der Waals surface area contributed by atoms with Gasteiger partial charge in [-0.1, -0.05) is 6.07 Å². The molecule has 1 heterocycles. The van der Waals surface area contributed by atoms with Crippen LogP contribution in [-0.4, -0.2) is 56.0 Å². The molecule has 4 N–H and O–H groups in total. The number of allylic oxidation sites excluding steroid dienone is 1. The van der Waals surface area contributed by atoms with Gasteiger partial charge in [-0.3, -0.25) is 5.43 Å². The van der Waals surface area contributed by atoms with Gasteiger partial charge in [0.25, 0.3) is 0 Å². The number of hydrazone groups is 1. The summed E-state index contributed by atoms with van der Waals surface area (Å²) in [6.45, 7) is 7.60. The van der Waals surface area contributed by atoms with Crippen molar-refractivity contribution in [2.45, 2.75) is 46.1 Å². The Morgan fingerprint density at radius 3 is 2.55 bits per heavy atom. The van der Waals surface area contributed by atoms with Gasteiger partial charge in [-0.15, -0.1) is 0 Å². The molecule has 11 heteroatoms. The van der Waals surface area contributed by atoms with Crippen LogP contribution < -0.4 is 30.3 Å². The molecule has 3 rings (SSSR count). The van der Waals surface area contributed by atoms with Crippen molar-refractivity contribution in [1.82, 2.24) is 16.1 Å². The topological polar surface area (TPSA) is 140 Å². The minimum Gasteiger partial charge on any atom is -0.491 e. The van der Waals surface area contributed by atoms with Crippen LogP contribution in [0, 0.1) is 0 Å². The third kappa shape index (κ3) is 7.62. The fraction of sp³-hybridized carbons (Fsp3) is 0.370. The van der Waals surface area contributed by atoms with Crippen molar-refractivity contribution in [3.05, 3.63) is 64.9 Å². The first kappa shape index (κ1) is 28.3. The molecule has 2 amide bonds. The zero-order valence-electron chi connectivity index (χ0n) is 22.1. The van der Waals surface area contributed by atoms with E-state index in [0.29, 0.717) is 29.4 Å². The van der Waals surface area contributed by atoms with Crippen LogP contribution in [0.15, 0.2) is 58.8 Å². The first-order valence-corrected chi connectivity index (χ1v) is 12.2. The van der Waals surface area contributed by atoms with Crippen molar-refractivity contribution in [1.29, 1.82) is 0 Å². The Morgan fingerprint density at radius 1 is 1.16 bits per heavy atom. The van der Waals surface area contributed by atoms with E-state index in [4.69, 9.17) is 18.9 Å². The van der Waals surface area contributed by atoms with Gasteiger partial charge >= 0.3 is 12.0 Å². The van der Waals surface area contributed by atoms with Gasteiger partial charge in [0.05, 0.1) is 37.7 Å². The van der Waals surface area contributed by atoms with Gasteiger partial charge in [0.2, 0.25) is 0 Å². The summed E-state index contributed by atoms with van der Waals surface area (Å²) in [7, 11) is 1.28. The third-order valence-electron chi connectivity index (χ3n) is 5.36. The van der Waals surface area contributed by atoms with E-state index >= 15 is 0 Å². The van der Waals surface area contributed by atoms with E-state index in [0.717, 1.165) is 11.3 Å². The highest BCUT2D eigenvalue weighted by Gasteiger charge is 2.32. The van der Waals surface area contributed by atoms with Crippen LogP contribution >= 0.6 is 0 Å². The number of urea groups is 1. The maximum atomic E-state index is 12.4. The number of nitrogens with one attached hydrogen (secondary N) is 3. The Morgan fingerprint density at radius 2 is 1.89 bits per heavy atom. The Kier molecular flexibility index (Phi) is 9.94. The lowest BCUT2D eigenvalue weighted by atomic mass is 9.95. The molecule has 2 aromatic carbocycles. The van der Waals surface area contributed by atoms with Crippen molar-refractivity contribution >= 4 is 18.2 Å². The average Bonchev–Trinajstić information content (AvgIpc) is 2.88. The summed E-state index contributed by atoms with van der Waals surface area (Å²) in [6.07, 6.45) is 0.573. The molecule has 0 aromatic heterocycles. The van der Waals surface area contributed by atoms with Crippen LogP contribution in [0.4, 0.5) is 4.79 Å². The molecule has 204 valence electrons. The van der Waals surface area contributed by atoms with Crippen molar-refractivity contribution in [3.63, 3.8) is 0 Å². The zero-order chi connectivity index (χ0) is 27.7. The second-order valence-corrected chi connectivity index (χ2v) is 8.65. The maximum Gasteiger partial charge on any atom is 0.337 e. The van der Waals surface area contributed by atoms with Gasteiger partial charge < -0.3 is 34.7 Å². The first-order chi connectivity index (χ1) is 18.2. The number of hydrogen-bond donors (Lipinski definition) is 4. The molecule has 0 fully saturated rings. The van der Waals surface area contributed by atoms with E-state index in [2.05, 4.69) is 21.2 Å². The second kappa shape index (κ2) is 13.3. The Labute approximate surface area is 221 Å². The first-order valence-electron chi connectivity index (χ1n) is 12.2. The summed E-state index contributed by atoms with van der Waals surface area (Å²) in [6, 6.07) is 11.3. The molecule has 0 bridgehead atoms. The molecule has 1 aliphatic rings. The Balaban J connectivity index is 1.65. The smallest absolute Gasteiger partial charge is 0.337 e. The molecule has 11 nitrogen and oxygen atoms in total. The highest BCUT2D eigenvalue weighted by molar-refractivity contribution is 5.95. The minimum atomic E-state index is -1.09. The van der Waals surface area contributed by atoms with Gasteiger partial charge in [-0.2, -0.15) is 5.10 Å². The number of carbonyl (C=O) groups is 2. The number of methoxy groups -OCH3 is 1. The van der Waals surface area contributed by atoms with Crippen LogP contribution in [-0.2, 0) is 9.53 Å². The summed E-state index contributed by atoms with van der Waals surface area (Å²) < 4.78 is 22.0. The quantitative estimate of drug-likeness (QED) is 0.143. The predicted octanol–water partition coefficient (Wildman–Crippen LogP) is 2.99. The summed E-state index contributed by atoms with van der Waals surface area (Å²) in [5, 5.41) is 19.6. The van der Waals surface area contributed by atoms with E-state index in [1.807, 2.05) is 45.0 Å². The molecule has 0 spiro atoms. The molecule has 0 aliphatic carbocycles. The van der Waals surface area contributed by atoms with E-state index in [1.54, 1.807) is 31.3 Å². The number of amides is 2. The van der Waals surface area contributed by atoms with E-state index in [9.17, 15) is 14.7 Å². The summed E-state index contributed by atoms with van der Waals surface area (Å²) in [5.41, 5.74) is 4.73. The molecule has 38 heavy (non-hydrogen) atoms. The van der Waals surface area contributed by atoms with Gasteiger partial charge in [0.15, 0.2) is 17.7 Å². The highest BCUT2D eigenvalue weighted by atomic mass is 16.5. The van der Waals surface area contributed by atoms with Gasteiger partial charge in [0, 0.05) is 5.70 Å². The average molecular weight is 527 g/mol. The fourth-order valence-corrected chi connectivity index (χ4v) is 3.72. The number of carbonyl (C=O) groups excluding carboxylic acids is 2. The lowest BCUT2D eigenvalue weighted by Gasteiger charge is -2.28. The number of benzene rings is 2. The van der Waals surface area contributed by atoms with Crippen molar-refractivity contribution in [2.24, 2.45) is 5.10 Å². The molecule has 0 saturated heterocycles. The molecule has 0 unspecified atom stereocenters. The van der Waals surface area contributed by atoms with E-state index in [1.165, 1.54) is 7.11 Å². The zero-order valence-corrected chi connectivity index (χ0v) is 22.1. The van der Waals surface area contributed by atoms with Gasteiger partial charge in [-0.25, -0.2) is 9.59 Å². The fourth-order valence-electron chi connectivity index (χ4n) is 3.72. The Bertz CT molecular complexity index is 1180. The predicted molar refractivity (Wildman–Crippen MR) is 141 cm³/mol. The molecule has 0 saturated carbocycles. The summed E-state index contributed by atoms with van der Waals surface area (Å²) in [5.74, 6) is 0.971. The Hall–Kier alpha value is -4.25. The van der Waals surface area contributed by atoms with Gasteiger partial charge in [0.1, 0.15) is 12.4 Å². The number of aliphatic hydroxyl groups excluding tert-OH is 1. The number of nitrogens with zero attached hydrogens (tertiary/aromatic N) is 1. The number of hydrogen-bond acceptors (Lipinski definition) is 9. The lowest BCUT2D eigenvalue weighted by molar-refractivity contribution is -0.136. The molecular formula is C27H34N4O7. The van der Waals surface area contributed by atoms with Crippen molar-refractivity contribution < 1.29 is 33.6 Å². The molecule has 2 atom stereocenters. The molecule has 2 aromatic rings. The van der Waals surface area contributed by atoms with Crippen LogP contribution in [0.1, 0.15) is 44.9 Å². The normalized spacial score (nSPS) is 16.1. The van der Waals surface area contributed by atoms with Crippen molar-refractivity contribution in [2.75, 3.05) is 20.3 Å². The van der Waals surface area contributed by atoms with Crippen LogP contribution in [0.25, 0.3) is 0 Å². The van der Waals surface area contributed by atoms with E-state index in [-0.39, 0.29) is 18.3 Å². The standard InChI is InChI=1S/C27H34N4O7/c1-6-36-22-13-19(25-24(26(33)35-5)17(4)29-27(34)30-25)9-12-21(22)37-15-23(32)31-28-14-18-7-10-20(11-8-18)38-16(2)3/h7-14,16,23,25,31-32H,6,15H2,1-5H3,(H2,29,30,34)/b28-14-/t23-,25+/m0/s1. The van der Waals surface area contributed by atoms with Crippen molar-refractivity contribution in [3.8, 4) is 17.2 Å². The van der Waals surface area contributed by atoms with Gasteiger partial charge in [-0.05, 0) is 75.2 Å². The summed E-state index contributed by atoms with van der Waals surface area (Å²) >= 11 is 0. The number of rotatable bonds is 12. The maximum absolute atomic E-state index is 12.4.